The average molecular weight is 337 g/mol. The maximum absolute atomic E-state index is 11.8. The monoisotopic (exact) mass is 336 g/mol. The fraction of sp³-hybridized carbons (Fsp3) is 0.250. The van der Waals surface area contributed by atoms with Gasteiger partial charge in [-0.1, -0.05) is 17.7 Å². The lowest BCUT2D eigenvalue weighted by Gasteiger charge is -2.20. The molecule has 1 aromatic heterocycles. The van der Waals surface area contributed by atoms with Gasteiger partial charge in [0.05, 0.1) is 12.8 Å². The molecule has 0 aliphatic heterocycles. The van der Waals surface area contributed by atoms with Crippen molar-refractivity contribution in [1.29, 1.82) is 0 Å². The molecule has 7 heteroatoms. The Bertz CT molecular complexity index is 711. The van der Waals surface area contributed by atoms with Crippen LogP contribution in [0.15, 0.2) is 41.0 Å². The molecule has 2 amide bonds. The van der Waals surface area contributed by atoms with Crippen LogP contribution in [-0.4, -0.2) is 23.5 Å². The van der Waals surface area contributed by atoms with Crippen LogP contribution in [0.4, 0.5) is 5.69 Å². The molecular weight excluding hydrogens is 320 g/mol. The number of carbonyl (C=O) groups excluding carboxylic acids is 2. The van der Waals surface area contributed by atoms with Gasteiger partial charge in [0, 0.05) is 10.7 Å². The molecule has 1 heterocycles. The molecule has 0 aliphatic carbocycles. The first-order valence-corrected chi connectivity index (χ1v) is 7.29. The predicted octanol–water partition coefficient (Wildman–Crippen LogP) is 2.20. The summed E-state index contributed by atoms with van der Waals surface area (Å²) in [7, 11) is 0. The summed E-state index contributed by atoms with van der Waals surface area (Å²) in [6.45, 7) is 3.14. The highest BCUT2D eigenvalue weighted by atomic mass is 35.5. The molecule has 0 saturated heterocycles. The van der Waals surface area contributed by atoms with Gasteiger partial charge in [0.2, 0.25) is 0 Å². The molecule has 0 unspecified atom stereocenters. The highest BCUT2D eigenvalue weighted by molar-refractivity contribution is 6.39. The number of halogens is 1. The third kappa shape index (κ3) is 4.34. The second-order valence-electron chi connectivity index (χ2n) is 5.35. The van der Waals surface area contributed by atoms with Gasteiger partial charge in [-0.2, -0.15) is 0 Å². The molecule has 0 saturated carbocycles. The molecule has 0 aliphatic rings. The number of aryl methyl sites for hydroxylation is 1. The lowest BCUT2D eigenvalue weighted by atomic mass is 10.0. The molecule has 0 spiro atoms. The van der Waals surface area contributed by atoms with Crippen molar-refractivity contribution in [1.82, 2.24) is 5.32 Å². The number of hydrogen-bond acceptors (Lipinski definition) is 4. The van der Waals surface area contributed by atoms with Crippen LogP contribution in [0.25, 0.3) is 0 Å². The summed E-state index contributed by atoms with van der Waals surface area (Å²) in [5.74, 6) is -1.42. The van der Waals surface area contributed by atoms with Gasteiger partial charge in [-0.05, 0) is 43.7 Å². The summed E-state index contributed by atoms with van der Waals surface area (Å²) in [4.78, 5) is 23.7. The minimum Gasteiger partial charge on any atom is -0.466 e. The number of nitrogens with one attached hydrogen (secondary N) is 2. The Hall–Kier alpha value is -2.31. The summed E-state index contributed by atoms with van der Waals surface area (Å²) in [5.41, 5.74) is -0.130. The predicted molar refractivity (Wildman–Crippen MR) is 86.1 cm³/mol. The zero-order valence-corrected chi connectivity index (χ0v) is 13.5. The van der Waals surface area contributed by atoms with Crippen molar-refractivity contribution in [2.75, 3.05) is 11.9 Å². The van der Waals surface area contributed by atoms with E-state index in [-0.39, 0.29) is 6.54 Å². The van der Waals surface area contributed by atoms with Gasteiger partial charge in [-0.15, -0.1) is 0 Å². The Kier molecular flexibility index (Phi) is 5.08. The maximum Gasteiger partial charge on any atom is 0.313 e. The summed E-state index contributed by atoms with van der Waals surface area (Å²) in [6, 6.07) is 8.14. The molecule has 0 bridgehead atoms. The number of furan rings is 1. The van der Waals surface area contributed by atoms with Gasteiger partial charge < -0.3 is 20.2 Å². The fourth-order valence-electron chi connectivity index (χ4n) is 1.86. The van der Waals surface area contributed by atoms with E-state index in [0.717, 1.165) is 5.56 Å². The number of carbonyl (C=O) groups is 2. The van der Waals surface area contributed by atoms with Crippen LogP contribution in [0.3, 0.4) is 0 Å². The molecule has 6 nitrogen and oxygen atoms in total. The van der Waals surface area contributed by atoms with Crippen LogP contribution in [-0.2, 0) is 15.2 Å². The molecular formula is C16H17ClN2O4. The number of amides is 2. The van der Waals surface area contributed by atoms with Crippen LogP contribution in [0.2, 0.25) is 5.02 Å². The fourth-order valence-corrected chi connectivity index (χ4v) is 2.04. The van der Waals surface area contributed by atoms with E-state index in [2.05, 4.69) is 10.6 Å². The quantitative estimate of drug-likeness (QED) is 0.746. The largest absolute Gasteiger partial charge is 0.466 e. The van der Waals surface area contributed by atoms with E-state index < -0.39 is 17.4 Å². The van der Waals surface area contributed by atoms with Crippen LogP contribution in [0.5, 0.6) is 0 Å². The Morgan fingerprint density at radius 1 is 1.30 bits per heavy atom. The molecule has 1 aromatic carbocycles. The van der Waals surface area contributed by atoms with Crippen LogP contribution in [0, 0.1) is 6.92 Å². The van der Waals surface area contributed by atoms with Gasteiger partial charge in [-0.25, -0.2) is 0 Å². The first-order valence-electron chi connectivity index (χ1n) is 6.91. The highest BCUT2D eigenvalue weighted by Gasteiger charge is 2.28. The summed E-state index contributed by atoms with van der Waals surface area (Å²) < 4.78 is 5.09. The molecule has 0 radical (unpaired) electrons. The van der Waals surface area contributed by atoms with E-state index in [1.165, 1.54) is 13.2 Å². The number of aliphatic hydroxyl groups is 1. The Morgan fingerprint density at radius 3 is 2.65 bits per heavy atom. The lowest BCUT2D eigenvalue weighted by Crippen LogP contribution is -2.43. The summed E-state index contributed by atoms with van der Waals surface area (Å²) in [5, 5.41) is 15.5. The minimum absolute atomic E-state index is 0.165. The zero-order valence-electron chi connectivity index (χ0n) is 12.7. The van der Waals surface area contributed by atoms with Gasteiger partial charge in [0.1, 0.15) is 11.4 Å². The average Bonchev–Trinajstić information content (AvgIpc) is 3.04. The summed E-state index contributed by atoms with van der Waals surface area (Å²) >= 11 is 5.96. The smallest absolute Gasteiger partial charge is 0.313 e. The van der Waals surface area contributed by atoms with E-state index in [4.69, 9.17) is 16.0 Å². The zero-order chi connectivity index (χ0) is 17.0. The third-order valence-corrected chi connectivity index (χ3v) is 3.69. The number of hydrogen-bond donors (Lipinski definition) is 3. The number of anilines is 1. The van der Waals surface area contributed by atoms with Crippen LogP contribution < -0.4 is 10.6 Å². The maximum atomic E-state index is 11.8. The molecule has 23 heavy (non-hydrogen) atoms. The Balaban J connectivity index is 1.92. The lowest BCUT2D eigenvalue weighted by molar-refractivity contribution is -0.136. The van der Waals surface area contributed by atoms with Gasteiger partial charge in [-0.3, -0.25) is 9.59 Å². The normalized spacial score (nSPS) is 13.2. The molecule has 122 valence electrons. The van der Waals surface area contributed by atoms with Crippen molar-refractivity contribution < 1.29 is 19.1 Å². The number of benzene rings is 1. The SMILES string of the molecule is Cc1ccc(NC(=O)C(=O)NC[C@@](C)(O)c2ccco2)cc1Cl. The second kappa shape index (κ2) is 6.85. The van der Waals surface area contributed by atoms with Crippen LogP contribution >= 0.6 is 11.6 Å². The Morgan fingerprint density at radius 2 is 2.04 bits per heavy atom. The van der Waals surface area contributed by atoms with Crippen molar-refractivity contribution in [3.05, 3.63) is 52.9 Å². The van der Waals surface area contributed by atoms with Gasteiger partial charge in [0.15, 0.2) is 0 Å². The van der Waals surface area contributed by atoms with E-state index in [0.29, 0.717) is 16.5 Å². The molecule has 2 rings (SSSR count). The van der Waals surface area contributed by atoms with Gasteiger partial charge >= 0.3 is 11.8 Å². The van der Waals surface area contributed by atoms with Crippen molar-refractivity contribution in [2.45, 2.75) is 19.4 Å². The molecule has 0 fully saturated rings. The van der Waals surface area contributed by atoms with E-state index in [1.807, 2.05) is 6.92 Å². The molecule has 1 atom stereocenters. The second-order valence-corrected chi connectivity index (χ2v) is 5.76. The van der Waals surface area contributed by atoms with E-state index in [1.54, 1.807) is 30.3 Å². The van der Waals surface area contributed by atoms with E-state index in [9.17, 15) is 14.7 Å². The third-order valence-electron chi connectivity index (χ3n) is 3.28. The van der Waals surface area contributed by atoms with Crippen LogP contribution in [0.1, 0.15) is 18.2 Å². The first kappa shape index (κ1) is 17.1. The minimum atomic E-state index is -1.41. The standard InChI is InChI=1S/C16H17ClN2O4/c1-10-5-6-11(8-12(10)17)19-15(21)14(20)18-9-16(2,22)13-4-3-7-23-13/h3-8,22H,9H2,1-2H3,(H,18,20)(H,19,21)/t16-/m1/s1. The molecule has 3 N–H and O–H groups in total. The molecule has 2 aromatic rings. The van der Waals surface area contributed by atoms with Crippen molar-refractivity contribution >= 4 is 29.1 Å². The Labute approximate surface area is 138 Å². The van der Waals surface area contributed by atoms with E-state index >= 15 is 0 Å². The van der Waals surface area contributed by atoms with Gasteiger partial charge in [0.25, 0.3) is 0 Å². The topological polar surface area (TPSA) is 91.6 Å². The summed E-state index contributed by atoms with van der Waals surface area (Å²) in [6.07, 6.45) is 1.42. The van der Waals surface area contributed by atoms with Crippen molar-refractivity contribution in [3.8, 4) is 0 Å². The van der Waals surface area contributed by atoms with Crippen molar-refractivity contribution in [2.24, 2.45) is 0 Å². The number of rotatable bonds is 4. The highest BCUT2D eigenvalue weighted by Crippen LogP contribution is 2.21. The first-order chi connectivity index (χ1) is 10.8. The van der Waals surface area contributed by atoms with Crippen molar-refractivity contribution in [3.63, 3.8) is 0 Å².